The van der Waals surface area contributed by atoms with Crippen LogP contribution in [0.25, 0.3) is 4.96 Å². The van der Waals surface area contributed by atoms with E-state index in [1.54, 1.807) is 11.6 Å². The lowest BCUT2D eigenvalue weighted by atomic mass is 9.94. The average Bonchev–Trinajstić information content (AvgIpc) is 2.87. The number of hydrogen-bond donors (Lipinski definition) is 2. The van der Waals surface area contributed by atoms with Crippen molar-refractivity contribution in [3.8, 4) is 0 Å². The van der Waals surface area contributed by atoms with E-state index in [2.05, 4.69) is 9.71 Å². The molecule has 0 spiro atoms. The monoisotopic (exact) mass is 316 g/mol. The highest BCUT2D eigenvalue weighted by atomic mass is 32.2. The Hall–Kier alpha value is -1.16. The molecule has 0 amide bonds. The fraction of sp³-hybridized carbons (Fsp3) is 0.545. The lowest BCUT2D eigenvalue weighted by Gasteiger charge is -2.33. The summed E-state index contributed by atoms with van der Waals surface area (Å²) in [6.07, 6.45) is 2.93. The Morgan fingerprint density at radius 2 is 2.20 bits per heavy atom. The Labute approximate surface area is 120 Å². The molecule has 0 aliphatic carbocycles. The van der Waals surface area contributed by atoms with Gasteiger partial charge in [0.1, 0.15) is 0 Å². The number of nitrogens with zero attached hydrogens (tertiary/aromatic N) is 2. The van der Waals surface area contributed by atoms with Gasteiger partial charge in [0.2, 0.25) is 0 Å². The number of imidazole rings is 1. The minimum absolute atomic E-state index is 0.0152. The van der Waals surface area contributed by atoms with E-state index in [0.29, 0.717) is 31.0 Å². The van der Waals surface area contributed by atoms with Gasteiger partial charge in [0.05, 0.1) is 0 Å². The maximum absolute atomic E-state index is 12.6. The highest BCUT2D eigenvalue weighted by Crippen LogP contribution is 2.27. The van der Waals surface area contributed by atoms with Gasteiger partial charge in [-0.1, -0.05) is 0 Å². The Kier molecular flexibility index (Phi) is 3.24. The van der Waals surface area contributed by atoms with Crippen LogP contribution >= 0.6 is 11.3 Å². The van der Waals surface area contributed by atoms with E-state index in [9.17, 15) is 8.42 Å². The summed E-state index contributed by atoms with van der Waals surface area (Å²) in [5.41, 5.74) is 5.25. The Morgan fingerprint density at radius 3 is 2.90 bits per heavy atom. The Balaban J connectivity index is 1.99. The van der Waals surface area contributed by atoms with Gasteiger partial charge in [0, 0.05) is 30.3 Å². The molecule has 1 aliphatic heterocycles. The molecule has 1 aliphatic rings. The Morgan fingerprint density at radius 1 is 1.50 bits per heavy atom. The van der Waals surface area contributed by atoms with Crippen LogP contribution in [0.4, 0.5) is 5.82 Å². The summed E-state index contributed by atoms with van der Waals surface area (Å²) in [6.45, 7) is 2.98. The summed E-state index contributed by atoms with van der Waals surface area (Å²) in [5, 5.41) is 1.79. The van der Waals surface area contributed by atoms with Crippen LogP contribution in [0.2, 0.25) is 0 Å². The standard InChI is InChI=1S/C11H16N4O3S2/c1-11(2-5-18-6-3-11)14-20(16,17)9-8(12)13-10-15(9)4-7-19-10/h4,7,14H,2-3,5-6,12H2,1H3. The Bertz CT molecular complexity index is 728. The first kappa shape index (κ1) is 13.8. The van der Waals surface area contributed by atoms with Crippen LogP contribution in [-0.4, -0.2) is 36.6 Å². The first-order chi connectivity index (χ1) is 9.41. The van der Waals surface area contributed by atoms with Crippen LogP contribution in [-0.2, 0) is 14.8 Å². The third-order valence-electron chi connectivity index (χ3n) is 3.48. The summed E-state index contributed by atoms with van der Waals surface area (Å²) >= 11 is 1.34. The van der Waals surface area contributed by atoms with Crippen LogP contribution in [0.3, 0.4) is 0 Å². The highest BCUT2D eigenvalue weighted by Gasteiger charge is 2.35. The van der Waals surface area contributed by atoms with Gasteiger partial charge in [-0.2, -0.15) is 0 Å². The first-order valence-corrected chi connectivity index (χ1v) is 8.60. The number of anilines is 1. The molecule has 3 rings (SSSR count). The van der Waals surface area contributed by atoms with Crippen molar-refractivity contribution in [1.29, 1.82) is 0 Å². The molecule has 2 aromatic heterocycles. The van der Waals surface area contributed by atoms with Crippen LogP contribution in [0.5, 0.6) is 0 Å². The molecule has 1 saturated heterocycles. The van der Waals surface area contributed by atoms with Gasteiger partial charge >= 0.3 is 0 Å². The molecule has 0 saturated carbocycles. The lowest BCUT2D eigenvalue weighted by molar-refractivity contribution is 0.0537. The minimum Gasteiger partial charge on any atom is -0.381 e. The molecule has 3 N–H and O–H groups in total. The van der Waals surface area contributed by atoms with Crippen LogP contribution < -0.4 is 10.5 Å². The molecule has 20 heavy (non-hydrogen) atoms. The zero-order valence-corrected chi connectivity index (χ0v) is 12.6. The molecule has 0 aromatic carbocycles. The smallest absolute Gasteiger partial charge is 0.260 e. The van der Waals surface area contributed by atoms with Gasteiger partial charge in [0.25, 0.3) is 10.0 Å². The van der Waals surface area contributed by atoms with Crippen LogP contribution in [0, 0.1) is 0 Å². The topological polar surface area (TPSA) is 98.7 Å². The second-order valence-electron chi connectivity index (χ2n) is 5.14. The van der Waals surface area contributed by atoms with Gasteiger partial charge in [-0.05, 0) is 19.8 Å². The third-order valence-corrected chi connectivity index (χ3v) is 5.91. The molecular weight excluding hydrogens is 300 g/mol. The third kappa shape index (κ3) is 2.30. The molecule has 2 aromatic rings. The van der Waals surface area contributed by atoms with Crippen LogP contribution in [0.15, 0.2) is 16.6 Å². The van der Waals surface area contributed by atoms with Crippen molar-refractivity contribution < 1.29 is 13.2 Å². The van der Waals surface area contributed by atoms with Crippen molar-refractivity contribution in [3.63, 3.8) is 0 Å². The fourth-order valence-corrected chi connectivity index (χ4v) is 4.80. The molecule has 0 radical (unpaired) electrons. The summed E-state index contributed by atoms with van der Waals surface area (Å²) < 4.78 is 34.8. The van der Waals surface area contributed by atoms with E-state index < -0.39 is 15.6 Å². The predicted molar refractivity (Wildman–Crippen MR) is 76.3 cm³/mol. The molecule has 3 heterocycles. The molecule has 110 valence electrons. The molecule has 9 heteroatoms. The normalized spacial score (nSPS) is 19.4. The van der Waals surface area contributed by atoms with Gasteiger partial charge in [-0.15, -0.1) is 11.3 Å². The lowest BCUT2D eigenvalue weighted by Crippen LogP contribution is -2.49. The van der Waals surface area contributed by atoms with Crippen molar-refractivity contribution in [1.82, 2.24) is 14.1 Å². The zero-order valence-electron chi connectivity index (χ0n) is 11.0. The second kappa shape index (κ2) is 4.69. The molecule has 1 fully saturated rings. The fourth-order valence-electron chi connectivity index (χ4n) is 2.35. The van der Waals surface area contributed by atoms with Crippen molar-refractivity contribution in [2.75, 3.05) is 18.9 Å². The van der Waals surface area contributed by atoms with Gasteiger partial charge in [-0.25, -0.2) is 18.1 Å². The number of nitrogen functional groups attached to an aromatic ring is 1. The molecule has 0 unspecified atom stereocenters. The number of aromatic nitrogens is 2. The molecule has 0 atom stereocenters. The quantitative estimate of drug-likeness (QED) is 0.873. The summed E-state index contributed by atoms with van der Waals surface area (Å²) in [7, 11) is -3.73. The number of sulfonamides is 1. The number of fused-ring (bicyclic) bond motifs is 1. The van der Waals surface area contributed by atoms with E-state index in [1.807, 2.05) is 6.92 Å². The number of nitrogens with two attached hydrogens (primary N) is 1. The van der Waals surface area contributed by atoms with E-state index in [-0.39, 0.29) is 10.8 Å². The maximum atomic E-state index is 12.6. The molecular formula is C11H16N4O3S2. The average molecular weight is 316 g/mol. The van der Waals surface area contributed by atoms with Crippen molar-refractivity contribution >= 4 is 32.1 Å². The van der Waals surface area contributed by atoms with Gasteiger partial charge < -0.3 is 10.5 Å². The number of rotatable bonds is 3. The zero-order chi connectivity index (χ0) is 14.4. The predicted octanol–water partition coefficient (Wildman–Crippen LogP) is 0.825. The van der Waals surface area contributed by atoms with Crippen molar-refractivity contribution in [3.05, 3.63) is 11.6 Å². The van der Waals surface area contributed by atoms with E-state index in [4.69, 9.17) is 10.5 Å². The van der Waals surface area contributed by atoms with Gasteiger partial charge in [0.15, 0.2) is 15.8 Å². The number of thiazole rings is 1. The van der Waals surface area contributed by atoms with Crippen LogP contribution in [0.1, 0.15) is 19.8 Å². The largest absolute Gasteiger partial charge is 0.381 e. The van der Waals surface area contributed by atoms with E-state index in [1.165, 1.54) is 15.7 Å². The molecule has 7 nitrogen and oxygen atoms in total. The molecule has 0 bridgehead atoms. The summed E-state index contributed by atoms with van der Waals surface area (Å²) in [5.74, 6) is 0.0278. The SMILES string of the molecule is CC1(NS(=O)(=O)c2c(N)nc3sccn23)CCOCC1. The highest BCUT2D eigenvalue weighted by molar-refractivity contribution is 7.89. The maximum Gasteiger partial charge on any atom is 0.260 e. The first-order valence-electron chi connectivity index (χ1n) is 6.24. The number of hydrogen-bond acceptors (Lipinski definition) is 6. The van der Waals surface area contributed by atoms with Crippen molar-refractivity contribution in [2.45, 2.75) is 30.3 Å². The number of ether oxygens (including phenoxy) is 1. The summed E-state index contributed by atoms with van der Waals surface area (Å²) in [4.78, 5) is 4.64. The van der Waals surface area contributed by atoms with Gasteiger partial charge in [-0.3, -0.25) is 4.40 Å². The number of nitrogens with one attached hydrogen (secondary N) is 1. The van der Waals surface area contributed by atoms with E-state index >= 15 is 0 Å². The summed E-state index contributed by atoms with van der Waals surface area (Å²) in [6, 6.07) is 0. The minimum atomic E-state index is -3.73. The second-order valence-corrected chi connectivity index (χ2v) is 7.61. The van der Waals surface area contributed by atoms with E-state index in [0.717, 1.165) is 0 Å². The van der Waals surface area contributed by atoms with Crippen molar-refractivity contribution in [2.24, 2.45) is 0 Å².